The van der Waals surface area contributed by atoms with E-state index in [1.807, 2.05) is 0 Å². The van der Waals surface area contributed by atoms with Crippen molar-refractivity contribution in [2.24, 2.45) is 0 Å². The van der Waals surface area contributed by atoms with E-state index in [1.54, 1.807) is 53.1 Å². The first-order valence-corrected chi connectivity index (χ1v) is 9.39. The number of nitrogens with one attached hydrogen (secondary N) is 3. The average molecular weight is 432 g/mol. The standard InChI is InChI=1S/C19H18ClN5O3S/c1-21-17(27)11-28-15-4-2-3-14(9-15)22-16(26)10-25-18(23-24-19(25)29)12-5-7-13(20)8-6-12/h2-9H,10-11H2,1H3,(H,21,27)(H,22,26)(H,24,29). The van der Waals surface area contributed by atoms with Gasteiger partial charge in [0.05, 0.1) is 0 Å². The Hall–Kier alpha value is -3.17. The van der Waals surface area contributed by atoms with Crippen LogP contribution < -0.4 is 15.4 Å². The Morgan fingerprint density at radius 3 is 2.69 bits per heavy atom. The van der Waals surface area contributed by atoms with Gasteiger partial charge in [-0.3, -0.25) is 19.3 Å². The Balaban J connectivity index is 1.70. The number of carbonyl (C=O) groups excluding carboxylic acids is 2. The van der Waals surface area contributed by atoms with Gasteiger partial charge in [-0.05, 0) is 48.6 Å². The number of benzene rings is 2. The summed E-state index contributed by atoms with van der Waals surface area (Å²) in [6.07, 6.45) is 0. The topological polar surface area (TPSA) is 101 Å². The highest BCUT2D eigenvalue weighted by atomic mass is 35.5. The fraction of sp³-hybridized carbons (Fsp3) is 0.158. The zero-order valence-electron chi connectivity index (χ0n) is 15.4. The monoisotopic (exact) mass is 431 g/mol. The fourth-order valence-electron chi connectivity index (χ4n) is 2.51. The first-order chi connectivity index (χ1) is 14.0. The van der Waals surface area contributed by atoms with E-state index in [9.17, 15) is 9.59 Å². The van der Waals surface area contributed by atoms with Crippen molar-refractivity contribution in [1.29, 1.82) is 0 Å². The lowest BCUT2D eigenvalue weighted by molar-refractivity contribution is -0.122. The zero-order chi connectivity index (χ0) is 20.8. The molecule has 3 N–H and O–H groups in total. The molecule has 2 amide bonds. The molecular weight excluding hydrogens is 414 g/mol. The van der Waals surface area contributed by atoms with E-state index in [-0.39, 0.29) is 25.0 Å². The molecule has 0 aliphatic carbocycles. The molecule has 0 radical (unpaired) electrons. The molecule has 3 aromatic rings. The number of hydrogen-bond acceptors (Lipinski definition) is 5. The highest BCUT2D eigenvalue weighted by Crippen LogP contribution is 2.21. The Kier molecular flexibility index (Phi) is 6.63. The molecule has 0 aliphatic heterocycles. The molecule has 0 fully saturated rings. The second kappa shape index (κ2) is 9.35. The lowest BCUT2D eigenvalue weighted by atomic mass is 10.2. The van der Waals surface area contributed by atoms with Gasteiger partial charge in [-0.2, -0.15) is 5.10 Å². The van der Waals surface area contributed by atoms with E-state index in [4.69, 9.17) is 28.6 Å². The van der Waals surface area contributed by atoms with E-state index >= 15 is 0 Å². The number of carbonyl (C=O) groups is 2. The molecule has 0 unspecified atom stereocenters. The second-order valence-corrected chi connectivity index (χ2v) is 6.81. The first kappa shape index (κ1) is 20.6. The van der Waals surface area contributed by atoms with Gasteiger partial charge in [0.15, 0.2) is 17.2 Å². The van der Waals surface area contributed by atoms with Crippen LogP contribution in [-0.2, 0) is 16.1 Å². The molecule has 2 aromatic carbocycles. The van der Waals surface area contributed by atoms with Crippen LogP contribution in [0.25, 0.3) is 11.4 Å². The summed E-state index contributed by atoms with van der Waals surface area (Å²) in [4.78, 5) is 23.8. The highest BCUT2D eigenvalue weighted by Gasteiger charge is 2.13. The highest BCUT2D eigenvalue weighted by molar-refractivity contribution is 7.71. The van der Waals surface area contributed by atoms with Gasteiger partial charge >= 0.3 is 0 Å². The van der Waals surface area contributed by atoms with Gasteiger partial charge in [-0.15, -0.1) is 0 Å². The SMILES string of the molecule is CNC(=O)COc1cccc(NC(=O)Cn2c(-c3ccc(Cl)cc3)n[nH]c2=S)c1. The van der Waals surface area contributed by atoms with Gasteiger partial charge in [0.1, 0.15) is 12.3 Å². The molecule has 1 heterocycles. The van der Waals surface area contributed by atoms with Crippen molar-refractivity contribution in [2.45, 2.75) is 6.54 Å². The largest absolute Gasteiger partial charge is 0.484 e. The molecule has 3 rings (SSSR count). The number of ether oxygens (including phenoxy) is 1. The number of halogens is 1. The maximum atomic E-state index is 12.5. The molecule has 10 heteroatoms. The van der Waals surface area contributed by atoms with Crippen LogP contribution in [0.4, 0.5) is 5.69 Å². The predicted octanol–water partition coefficient (Wildman–Crippen LogP) is 3.02. The minimum atomic E-state index is -0.291. The summed E-state index contributed by atoms with van der Waals surface area (Å²) in [5.41, 5.74) is 1.31. The molecular formula is C19H18ClN5O3S. The Morgan fingerprint density at radius 2 is 1.97 bits per heavy atom. The molecule has 0 aliphatic rings. The van der Waals surface area contributed by atoms with Gasteiger partial charge in [0.2, 0.25) is 5.91 Å². The molecule has 0 atom stereocenters. The van der Waals surface area contributed by atoms with Crippen molar-refractivity contribution in [2.75, 3.05) is 19.0 Å². The second-order valence-electron chi connectivity index (χ2n) is 5.98. The summed E-state index contributed by atoms with van der Waals surface area (Å²) >= 11 is 11.2. The third kappa shape index (κ3) is 5.43. The van der Waals surface area contributed by atoms with Gasteiger partial charge in [-0.25, -0.2) is 0 Å². The van der Waals surface area contributed by atoms with E-state index in [0.717, 1.165) is 5.56 Å². The van der Waals surface area contributed by atoms with Crippen LogP contribution in [-0.4, -0.2) is 40.2 Å². The number of anilines is 1. The van der Waals surface area contributed by atoms with E-state index in [2.05, 4.69) is 20.8 Å². The van der Waals surface area contributed by atoms with Gasteiger partial charge in [0.25, 0.3) is 5.91 Å². The van der Waals surface area contributed by atoms with Crippen LogP contribution in [0.15, 0.2) is 48.5 Å². The van der Waals surface area contributed by atoms with Crippen LogP contribution in [0.3, 0.4) is 0 Å². The number of likely N-dealkylation sites (N-methyl/N-ethyl adjacent to an activating group) is 1. The summed E-state index contributed by atoms with van der Waals surface area (Å²) in [6, 6.07) is 13.9. The summed E-state index contributed by atoms with van der Waals surface area (Å²) < 4.78 is 7.31. The van der Waals surface area contributed by atoms with E-state index in [0.29, 0.717) is 27.1 Å². The van der Waals surface area contributed by atoms with Crippen molar-refractivity contribution in [3.05, 3.63) is 58.3 Å². The Bertz CT molecular complexity index is 1080. The lowest BCUT2D eigenvalue weighted by Crippen LogP contribution is -2.24. The van der Waals surface area contributed by atoms with E-state index < -0.39 is 0 Å². The maximum absolute atomic E-state index is 12.5. The third-order valence-electron chi connectivity index (χ3n) is 3.93. The normalized spacial score (nSPS) is 10.4. The molecule has 8 nitrogen and oxygen atoms in total. The van der Waals surface area contributed by atoms with Crippen molar-refractivity contribution in [3.8, 4) is 17.1 Å². The van der Waals surface area contributed by atoms with Crippen LogP contribution >= 0.6 is 23.8 Å². The smallest absolute Gasteiger partial charge is 0.257 e. The Morgan fingerprint density at radius 1 is 1.21 bits per heavy atom. The minimum Gasteiger partial charge on any atom is -0.484 e. The van der Waals surface area contributed by atoms with Crippen LogP contribution in [0.5, 0.6) is 5.75 Å². The Labute approximate surface area is 176 Å². The first-order valence-electron chi connectivity index (χ1n) is 8.60. The van der Waals surface area contributed by atoms with Gasteiger partial charge < -0.3 is 15.4 Å². The number of hydrogen-bond donors (Lipinski definition) is 3. The summed E-state index contributed by atoms with van der Waals surface area (Å²) in [6.45, 7) is -0.140. The predicted molar refractivity (Wildman–Crippen MR) is 112 cm³/mol. The van der Waals surface area contributed by atoms with Crippen LogP contribution in [0, 0.1) is 4.77 Å². The van der Waals surface area contributed by atoms with Gasteiger partial charge in [0, 0.05) is 29.4 Å². The fourth-order valence-corrected chi connectivity index (χ4v) is 2.84. The lowest BCUT2D eigenvalue weighted by Gasteiger charge is -2.10. The molecule has 1 aromatic heterocycles. The van der Waals surface area contributed by atoms with Crippen LogP contribution in [0.1, 0.15) is 0 Å². The third-order valence-corrected chi connectivity index (χ3v) is 4.49. The number of H-pyrrole nitrogens is 1. The molecule has 0 saturated heterocycles. The molecule has 0 saturated carbocycles. The zero-order valence-corrected chi connectivity index (χ0v) is 17.0. The van der Waals surface area contributed by atoms with Crippen molar-refractivity contribution in [3.63, 3.8) is 0 Å². The van der Waals surface area contributed by atoms with Crippen molar-refractivity contribution in [1.82, 2.24) is 20.1 Å². The molecule has 29 heavy (non-hydrogen) atoms. The summed E-state index contributed by atoms with van der Waals surface area (Å²) in [5.74, 6) is 0.460. The maximum Gasteiger partial charge on any atom is 0.257 e. The number of amides is 2. The van der Waals surface area contributed by atoms with E-state index in [1.165, 1.54) is 7.05 Å². The quantitative estimate of drug-likeness (QED) is 0.499. The van der Waals surface area contributed by atoms with Crippen LogP contribution in [0.2, 0.25) is 5.02 Å². The number of aromatic nitrogens is 3. The molecule has 0 bridgehead atoms. The minimum absolute atomic E-state index is 0.0311. The molecule has 150 valence electrons. The molecule has 0 spiro atoms. The number of nitrogens with zero attached hydrogens (tertiary/aromatic N) is 2. The number of rotatable bonds is 7. The number of aromatic amines is 1. The average Bonchev–Trinajstić information content (AvgIpc) is 3.07. The summed E-state index contributed by atoms with van der Waals surface area (Å²) in [7, 11) is 1.53. The summed E-state index contributed by atoms with van der Waals surface area (Å²) in [5, 5.41) is 12.8. The van der Waals surface area contributed by atoms with Crippen molar-refractivity contribution >= 4 is 41.3 Å². The van der Waals surface area contributed by atoms with Crippen molar-refractivity contribution < 1.29 is 14.3 Å². The van der Waals surface area contributed by atoms with Gasteiger partial charge in [-0.1, -0.05) is 17.7 Å².